The number of carbonyl (C=O) groups excluding carboxylic acids is 1. The second kappa shape index (κ2) is 4.66. The summed E-state index contributed by atoms with van der Waals surface area (Å²) in [6.07, 6.45) is 0.984. The Morgan fingerprint density at radius 2 is 2.12 bits per heavy atom. The molecule has 3 nitrogen and oxygen atoms in total. The molecule has 1 aromatic carbocycles. The predicted octanol–water partition coefficient (Wildman–Crippen LogP) is 1.21. The molecule has 2 N–H and O–H groups in total. The number of likely N-dealkylation sites (N-methyl/N-ethyl adjacent to an activating group) is 1. The van der Waals surface area contributed by atoms with Gasteiger partial charge in [-0.25, -0.2) is 0 Å². The van der Waals surface area contributed by atoms with E-state index in [0.29, 0.717) is 19.0 Å². The van der Waals surface area contributed by atoms with Crippen molar-refractivity contribution in [3.63, 3.8) is 0 Å². The summed E-state index contributed by atoms with van der Waals surface area (Å²) in [7, 11) is 1.83. The number of nitrogens with zero attached hydrogens (tertiary/aromatic N) is 1. The van der Waals surface area contributed by atoms with Crippen LogP contribution in [0.4, 0.5) is 0 Å². The fourth-order valence-electron chi connectivity index (χ4n) is 2.12. The Hall–Kier alpha value is -1.35. The molecule has 1 amide bonds. The summed E-state index contributed by atoms with van der Waals surface area (Å²) in [4.78, 5) is 13.7. The number of rotatable bonds is 4. The van der Waals surface area contributed by atoms with E-state index in [4.69, 9.17) is 5.73 Å². The molecule has 1 aliphatic carbocycles. The van der Waals surface area contributed by atoms with Crippen LogP contribution in [0.1, 0.15) is 17.9 Å². The van der Waals surface area contributed by atoms with Gasteiger partial charge >= 0.3 is 0 Å². The molecular weight excluding hydrogens is 200 g/mol. The molecule has 0 aromatic heterocycles. The first-order valence-electron chi connectivity index (χ1n) is 5.74. The molecule has 1 aromatic rings. The minimum absolute atomic E-state index is 0.180. The largest absolute Gasteiger partial charge is 0.344 e. The average Bonchev–Trinajstić information content (AvgIpc) is 3.09. The Morgan fingerprint density at radius 1 is 1.44 bits per heavy atom. The Bertz CT molecular complexity index is 363. The van der Waals surface area contributed by atoms with Gasteiger partial charge in [-0.15, -0.1) is 0 Å². The molecule has 86 valence electrons. The van der Waals surface area contributed by atoms with Gasteiger partial charge in [-0.1, -0.05) is 30.3 Å². The van der Waals surface area contributed by atoms with Crippen LogP contribution >= 0.6 is 0 Å². The SMILES string of the molecule is CN(CCN)C(=O)C1CC1c1ccccc1. The lowest BCUT2D eigenvalue weighted by atomic mass is 10.1. The van der Waals surface area contributed by atoms with E-state index in [-0.39, 0.29) is 11.8 Å². The van der Waals surface area contributed by atoms with Crippen LogP contribution in [0, 0.1) is 5.92 Å². The molecule has 0 saturated heterocycles. The normalized spacial score (nSPS) is 22.9. The number of hydrogen-bond acceptors (Lipinski definition) is 2. The van der Waals surface area contributed by atoms with Crippen molar-refractivity contribution in [2.45, 2.75) is 12.3 Å². The van der Waals surface area contributed by atoms with E-state index in [1.165, 1.54) is 5.56 Å². The van der Waals surface area contributed by atoms with Crippen LogP contribution in [0.5, 0.6) is 0 Å². The number of amides is 1. The number of carbonyl (C=O) groups is 1. The van der Waals surface area contributed by atoms with Crippen molar-refractivity contribution in [3.8, 4) is 0 Å². The quantitative estimate of drug-likeness (QED) is 0.825. The maximum Gasteiger partial charge on any atom is 0.226 e. The lowest BCUT2D eigenvalue weighted by molar-refractivity contribution is -0.131. The molecule has 1 fully saturated rings. The molecule has 2 rings (SSSR count). The van der Waals surface area contributed by atoms with Gasteiger partial charge in [0.05, 0.1) is 0 Å². The van der Waals surface area contributed by atoms with Gasteiger partial charge in [0.25, 0.3) is 0 Å². The third kappa shape index (κ3) is 2.25. The van der Waals surface area contributed by atoms with Gasteiger partial charge in [0.2, 0.25) is 5.91 Å². The van der Waals surface area contributed by atoms with Crippen LogP contribution in [0.25, 0.3) is 0 Å². The summed E-state index contributed by atoms with van der Waals surface area (Å²) in [6.45, 7) is 1.18. The highest BCUT2D eigenvalue weighted by molar-refractivity contribution is 5.82. The van der Waals surface area contributed by atoms with Gasteiger partial charge in [-0.05, 0) is 17.9 Å². The maximum absolute atomic E-state index is 11.9. The molecule has 2 unspecified atom stereocenters. The molecule has 0 spiro atoms. The summed E-state index contributed by atoms with van der Waals surface area (Å²) < 4.78 is 0. The van der Waals surface area contributed by atoms with Crippen molar-refractivity contribution in [1.82, 2.24) is 4.90 Å². The standard InChI is InChI=1S/C13H18N2O/c1-15(8-7-14)13(16)12-9-11(12)10-5-3-2-4-6-10/h2-6,11-12H,7-9,14H2,1H3. The van der Waals surface area contributed by atoms with Gasteiger partial charge in [-0.2, -0.15) is 0 Å². The van der Waals surface area contributed by atoms with Crippen molar-refractivity contribution >= 4 is 5.91 Å². The van der Waals surface area contributed by atoms with Crippen LogP contribution in [0.15, 0.2) is 30.3 Å². The molecule has 1 saturated carbocycles. The molecule has 0 heterocycles. The molecule has 0 aliphatic heterocycles. The monoisotopic (exact) mass is 218 g/mol. The van der Waals surface area contributed by atoms with E-state index in [1.54, 1.807) is 4.90 Å². The highest BCUT2D eigenvalue weighted by atomic mass is 16.2. The van der Waals surface area contributed by atoms with Gasteiger partial charge < -0.3 is 10.6 Å². The first-order chi connectivity index (χ1) is 7.74. The molecule has 0 bridgehead atoms. The van der Waals surface area contributed by atoms with Crippen LogP contribution in [-0.4, -0.2) is 30.9 Å². The minimum atomic E-state index is 0.180. The second-order valence-corrected chi connectivity index (χ2v) is 4.41. The van der Waals surface area contributed by atoms with E-state index >= 15 is 0 Å². The van der Waals surface area contributed by atoms with Crippen molar-refractivity contribution in [1.29, 1.82) is 0 Å². The Balaban J connectivity index is 1.94. The molecule has 2 atom stereocenters. The molecule has 0 radical (unpaired) electrons. The Kier molecular flexibility index (Phi) is 3.25. The first-order valence-corrected chi connectivity index (χ1v) is 5.74. The zero-order chi connectivity index (χ0) is 11.5. The topological polar surface area (TPSA) is 46.3 Å². The zero-order valence-electron chi connectivity index (χ0n) is 9.60. The van der Waals surface area contributed by atoms with Gasteiger partial charge in [0.15, 0.2) is 0 Å². The summed E-state index contributed by atoms with van der Waals surface area (Å²) in [5.41, 5.74) is 6.72. The van der Waals surface area contributed by atoms with Crippen LogP contribution in [0.2, 0.25) is 0 Å². The van der Waals surface area contributed by atoms with Crippen LogP contribution < -0.4 is 5.73 Å². The summed E-state index contributed by atoms with van der Waals surface area (Å²) in [5.74, 6) is 0.840. The average molecular weight is 218 g/mol. The van der Waals surface area contributed by atoms with E-state index in [0.717, 1.165) is 6.42 Å². The van der Waals surface area contributed by atoms with Crippen LogP contribution in [-0.2, 0) is 4.79 Å². The van der Waals surface area contributed by atoms with E-state index < -0.39 is 0 Å². The van der Waals surface area contributed by atoms with Crippen LogP contribution in [0.3, 0.4) is 0 Å². The molecule has 1 aliphatic rings. The molecule has 3 heteroatoms. The lowest BCUT2D eigenvalue weighted by Crippen LogP contribution is -2.33. The van der Waals surface area contributed by atoms with Crippen molar-refractivity contribution in [2.24, 2.45) is 11.7 Å². The molecular formula is C13H18N2O. The first kappa shape index (κ1) is 11.1. The third-order valence-corrected chi connectivity index (χ3v) is 3.18. The van der Waals surface area contributed by atoms with E-state index in [1.807, 2.05) is 25.2 Å². The summed E-state index contributed by atoms with van der Waals surface area (Å²) >= 11 is 0. The van der Waals surface area contributed by atoms with Gasteiger partial charge in [0, 0.05) is 26.1 Å². The fourth-order valence-corrected chi connectivity index (χ4v) is 2.12. The van der Waals surface area contributed by atoms with Gasteiger partial charge in [-0.3, -0.25) is 4.79 Å². The third-order valence-electron chi connectivity index (χ3n) is 3.18. The van der Waals surface area contributed by atoms with Crippen molar-refractivity contribution in [2.75, 3.05) is 20.1 Å². The fraction of sp³-hybridized carbons (Fsp3) is 0.462. The number of hydrogen-bond donors (Lipinski definition) is 1. The lowest BCUT2D eigenvalue weighted by Gasteiger charge is -2.15. The summed E-state index contributed by atoms with van der Waals surface area (Å²) in [6, 6.07) is 10.3. The van der Waals surface area contributed by atoms with Gasteiger partial charge in [0.1, 0.15) is 0 Å². The second-order valence-electron chi connectivity index (χ2n) is 4.41. The van der Waals surface area contributed by atoms with Crippen molar-refractivity contribution < 1.29 is 4.79 Å². The minimum Gasteiger partial charge on any atom is -0.344 e. The van der Waals surface area contributed by atoms with Crippen molar-refractivity contribution in [3.05, 3.63) is 35.9 Å². The highest BCUT2D eigenvalue weighted by Crippen LogP contribution is 2.48. The molecule has 16 heavy (non-hydrogen) atoms. The Morgan fingerprint density at radius 3 is 2.75 bits per heavy atom. The summed E-state index contributed by atoms with van der Waals surface area (Å²) in [5, 5.41) is 0. The maximum atomic E-state index is 11.9. The van der Waals surface area contributed by atoms with E-state index in [2.05, 4.69) is 12.1 Å². The highest BCUT2D eigenvalue weighted by Gasteiger charge is 2.44. The smallest absolute Gasteiger partial charge is 0.226 e. The number of benzene rings is 1. The zero-order valence-corrected chi connectivity index (χ0v) is 9.60. The predicted molar refractivity (Wildman–Crippen MR) is 64.0 cm³/mol. The number of nitrogens with two attached hydrogens (primary N) is 1. The van der Waals surface area contributed by atoms with E-state index in [9.17, 15) is 4.79 Å². The Labute approximate surface area is 96.2 Å².